The molecule has 80 valence electrons. The maximum Gasteiger partial charge on any atom is 0.355 e. The Balaban J connectivity index is 2.49. The van der Waals surface area contributed by atoms with Gasteiger partial charge in [0.25, 0.3) is 0 Å². The van der Waals surface area contributed by atoms with Gasteiger partial charge in [-0.15, -0.1) is 11.3 Å². The monoisotopic (exact) mass is 223 g/mol. The predicted octanol–water partition coefficient (Wildman–Crippen LogP) is 2.90. The number of ether oxygens (including phenoxy) is 1. The summed E-state index contributed by atoms with van der Waals surface area (Å²) in [6.07, 6.45) is 0. The second-order valence-corrected chi connectivity index (χ2v) is 4.11. The molecule has 0 N–H and O–H groups in total. The first-order chi connectivity index (χ1) is 7.27. The summed E-state index contributed by atoms with van der Waals surface area (Å²) in [5, 5.41) is 2.03. The van der Waals surface area contributed by atoms with Gasteiger partial charge in [-0.2, -0.15) is 0 Å². The van der Waals surface area contributed by atoms with Crippen molar-refractivity contribution in [2.75, 3.05) is 6.61 Å². The van der Waals surface area contributed by atoms with Gasteiger partial charge in [0.1, 0.15) is 5.69 Å². The van der Waals surface area contributed by atoms with Crippen LogP contribution in [0.15, 0.2) is 17.5 Å². The Kier molecular flexibility index (Phi) is 2.77. The standard InChI is InChI=1S/C11H13NO2S/c1-3-12-8-5-6-15-10(8)7-9(12)11(13)14-4-2/h5-7H,3-4H2,1-2H3. The summed E-state index contributed by atoms with van der Waals surface area (Å²) in [5.41, 5.74) is 1.77. The smallest absolute Gasteiger partial charge is 0.355 e. The van der Waals surface area contributed by atoms with Gasteiger partial charge < -0.3 is 9.30 Å². The number of fused-ring (bicyclic) bond motifs is 1. The Morgan fingerprint density at radius 1 is 1.53 bits per heavy atom. The first-order valence-corrected chi connectivity index (χ1v) is 5.89. The van der Waals surface area contributed by atoms with E-state index in [1.807, 2.05) is 35.9 Å². The Hall–Kier alpha value is -1.29. The van der Waals surface area contributed by atoms with E-state index in [1.165, 1.54) is 0 Å². The molecule has 0 aliphatic heterocycles. The van der Waals surface area contributed by atoms with Gasteiger partial charge in [0.05, 0.1) is 16.8 Å². The van der Waals surface area contributed by atoms with Crippen molar-refractivity contribution in [3.63, 3.8) is 0 Å². The van der Waals surface area contributed by atoms with Gasteiger partial charge in [-0.25, -0.2) is 4.79 Å². The van der Waals surface area contributed by atoms with Crippen molar-refractivity contribution in [1.82, 2.24) is 4.57 Å². The number of esters is 1. The maximum absolute atomic E-state index is 11.7. The van der Waals surface area contributed by atoms with Gasteiger partial charge in [0.15, 0.2) is 0 Å². The largest absolute Gasteiger partial charge is 0.461 e. The van der Waals surface area contributed by atoms with Gasteiger partial charge in [-0.05, 0) is 31.4 Å². The van der Waals surface area contributed by atoms with E-state index in [2.05, 4.69) is 0 Å². The van der Waals surface area contributed by atoms with Crippen LogP contribution in [0.1, 0.15) is 24.3 Å². The molecule has 4 heteroatoms. The molecule has 0 aliphatic rings. The molecule has 0 unspecified atom stereocenters. The average Bonchev–Trinajstić information content (AvgIpc) is 2.76. The molecule has 2 rings (SSSR count). The summed E-state index contributed by atoms with van der Waals surface area (Å²) in [5.74, 6) is -0.234. The quantitative estimate of drug-likeness (QED) is 0.749. The number of hydrogen-bond donors (Lipinski definition) is 0. The third kappa shape index (κ3) is 1.65. The second kappa shape index (κ2) is 4.06. The molecule has 0 amide bonds. The zero-order chi connectivity index (χ0) is 10.8. The van der Waals surface area contributed by atoms with Gasteiger partial charge in [0.2, 0.25) is 0 Å². The molecule has 0 saturated carbocycles. The van der Waals surface area contributed by atoms with E-state index in [4.69, 9.17) is 4.74 Å². The number of rotatable bonds is 3. The van der Waals surface area contributed by atoms with E-state index >= 15 is 0 Å². The molecule has 3 nitrogen and oxygen atoms in total. The average molecular weight is 223 g/mol. The number of aryl methyl sites for hydroxylation is 1. The zero-order valence-corrected chi connectivity index (χ0v) is 9.63. The third-order valence-corrected chi connectivity index (χ3v) is 3.18. The van der Waals surface area contributed by atoms with Crippen molar-refractivity contribution >= 4 is 27.5 Å². The summed E-state index contributed by atoms with van der Waals surface area (Å²) in [6.45, 7) is 5.05. The molecule has 0 saturated heterocycles. The van der Waals surface area contributed by atoms with E-state index in [0.29, 0.717) is 12.3 Å². The van der Waals surface area contributed by atoms with Crippen LogP contribution in [0.4, 0.5) is 0 Å². The SMILES string of the molecule is CCOC(=O)c1cc2sccc2n1CC. The van der Waals surface area contributed by atoms with Crippen LogP contribution in [-0.4, -0.2) is 17.1 Å². The van der Waals surface area contributed by atoms with Crippen LogP contribution in [0.25, 0.3) is 10.2 Å². The first kappa shape index (κ1) is 10.2. The topological polar surface area (TPSA) is 31.2 Å². The lowest BCUT2D eigenvalue weighted by Gasteiger charge is -2.05. The minimum absolute atomic E-state index is 0.234. The normalized spacial score (nSPS) is 10.8. The molecule has 0 aliphatic carbocycles. The highest BCUT2D eigenvalue weighted by molar-refractivity contribution is 7.17. The molecule has 0 aromatic carbocycles. The van der Waals surface area contributed by atoms with Crippen LogP contribution in [0.3, 0.4) is 0 Å². The van der Waals surface area contributed by atoms with E-state index in [0.717, 1.165) is 16.8 Å². The fourth-order valence-corrected chi connectivity index (χ4v) is 2.51. The molecule has 0 atom stereocenters. The lowest BCUT2D eigenvalue weighted by molar-refractivity contribution is 0.0514. The molecule has 0 fully saturated rings. The molecular formula is C11H13NO2S. The van der Waals surface area contributed by atoms with E-state index in [1.54, 1.807) is 11.3 Å². The molecule has 2 aromatic heterocycles. The number of aromatic nitrogens is 1. The minimum Gasteiger partial charge on any atom is -0.461 e. The fourth-order valence-electron chi connectivity index (χ4n) is 1.69. The number of carbonyl (C=O) groups is 1. The number of thiophene rings is 1. The van der Waals surface area contributed by atoms with Gasteiger partial charge >= 0.3 is 5.97 Å². The van der Waals surface area contributed by atoms with Gasteiger partial charge in [0, 0.05) is 6.54 Å². The predicted molar refractivity (Wildman–Crippen MR) is 61.4 cm³/mol. The Bertz CT molecular complexity index is 484. The molecule has 2 heterocycles. The van der Waals surface area contributed by atoms with Crippen LogP contribution in [0, 0.1) is 0 Å². The van der Waals surface area contributed by atoms with Crippen molar-refractivity contribution in [2.45, 2.75) is 20.4 Å². The van der Waals surface area contributed by atoms with E-state index in [-0.39, 0.29) is 5.97 Å². The Morgan fingerprint density at radius 3 is 3.00 bits per heavy atom. The molecule has 2 aromatic rings. The lowest BCUT2D eigenvalue weighted by Crippen LogP contribution is -2.11. The van der Waals surface area contributed by atoms with Crippen molar-refractivity contribution in [3.05, 3.63) is 23.2 Å². The van der Waals surface area contributed by atoms with E-state index < -0.39 is 0 Å². The molecule has 15 heavy (non-hydrogen) atoms. The van der Waals surface area contributed by atoms with Crippen molar-refractivity contribution < 1.29 is 9.53 Å². The van der Waals surface area contributed by atoms with Crippen LogP contribution in [0.2, 0.25) is 0 Å². The summed E-state index contributed by atoms with van der Waals surface area (Å²) < 4.78 is 8.14. The van der Waals surface area contributed by atoms with Crippen LogP contribution in [-0.2, 0) is 11.3 Å². The maximum atomic E-state index is 11.7. The molecular weight excluding hydrogens is 210 g/mol. The van der Waals surface area contributed by atoms with Crippen molar-refractivity contribution in [1.29, 1.82) is 0 Å². The summed E-state index contributed by atoms with van der Waals surface area (Å²) in [4.78, 5) is 11.7. The number of hydrogen-bond acceptors (Lipinski definition) is 3. The van der Waals surface area contributed by atoms with Crippen molar-refractivity contribution in [2.24, 2.45) is 0 Å². The minimum atomic E-state index is -0.234. The van der Waals surface area contributed by atoms with Gasteiger partial charge in [-0.1, -0.05) is 0 Å². The highest BCUT2D eigenvalue weighted by atomic mass is 32.1. The summed E-state index contributed by atoms with van der Waals surface area (Å²) >= 11 is 1.64. The Morgan fingerprint density at radius 2 is 2.33 bits per heavy atom. The number of carbonyl (C=O) groups excluding carboxylic acids is 1. The van der Waals surface area contributed by atoms with Crippen LogP contribution < -0.4 is 0 Å². The van der Waals surface area contributed by atoms with Gasteiger partial charge in [-0.3, -0.25) is 0 Å². The molecule has 0 spiro atoms. The first-order valence-electron chi connectivity index (χ1n) is 5.01. The second-order valence-electron chi connectivity index (χ2n) is 3.16. The third-order valence-electron chi connectivity index (χ3n) is 2.32. The van der Waals surface area contributed by atoms with Crippen LogP contribution >= 0.6 is 11.3 Å². The highest BCUT2D eigenvalue weighted by Crippen LogP contribution is 2.25. The number of nitrogens with zero attached hydrogens (tertiary/aromatic N) is 1. The Labute approximate surface area is 92.3 Å². The molecule has 0 radical (unpaired) electrons. The summed E-state index contributed by atoms with van der Waals surface area (Å²) in [6, 6.07) is 3.94. The highest BCUT2D eigenvalue weighted by Gasteiger charge is 2.15. The zero-order valence-electron chi connectivity index (χ0n) is 8.82. The van der Waals surface area contributed by atoms with Crippen LogP contribution in [0.5, 0.6) is 0 Å². The van der Waals surface area contributed by atoms with Crippen molar-refractivity contribution in [3.8, 4) is 0 Å². The summed E-state index contributed by atoms with van der Waals surface area (Å²) in [7, 11) is 0. The van der Waals surface area contributed by atoms with E-state index in [9.17, 15) is 4.79 Å². The fraction of sp³-hybridized carbons (Fsp3) is 0.364. The lowest BCUT2D eigenvalue weighted by atomic mass is 10.4. The molecule has 0 bridgehead atoms.